The zero-order valence-electron chi connectivity index (χ0n) is 39.3. The van der Waals surface area contributed by atoms with Crippen LogP contribution in [0.25, 0.3) is 5.57 Å². The second-order valence-electron chi connectivity index (χ2n) is 13.4. The molecule has 0 spiro atoms. The van der Waals surface area contributed by atoms with Crippen molar-refractivity contribution in [3.63, 3.8) is 0 Å². The Balaban J connectivity index is -0.000000167. The van der Waals surface area contributed by atoms with E-state index in [-0.39, 0.29) is 5.41 Å². The Labute approximate surface area is 336 Å². The molecular formula is C51H96N2. The van der Waals surface area contributed by atoms with E-state index in [1.54, 1.807) is 5.57 Å². The largest absolute Gasteiger partial charge is 0.331 e. The molecule has 0 amide bonds. The van der Waals surface area contributed by atoms with Crippen LogP contribution in [0.3, 0.4) is 0 Å². The monoisotopic (exact) mass is 737 g/mol. The summed E-state index contributed by atoms with van der Waals surface area (Å²) >= 11 is 0. The van der Waals surface area contributed by atoms with Gasteiger partial charge in [0, 0.05) is 12.0 Å². The molecule has 1 aliphatic rings. The standard InChI is InChI=1S/C25H35N.C7H16.C6H10.C5H10.C2H7N.3C2H6/c1-6-9-22(7-2)25-13-12-24(15-20(25)5)19(4)14-18(3)23-11-8-10-21(16-23)17-26;1-3-5-7-6-4-2;1-5-6(2,3)4;1-3-5-4-2;1-2-3;3*1-2/h8,10-11,14-16,22H,3,6-7,9,12-13,17,26H2,1-2,4-5H3;3-7H2,1-2H3;1H,2-4H3;3,5H,4H2,1-2H3;2-3H2,1H3;3*1-2H3/b19-14+;;;5-3+;;;;. The summed E-state index contributed by atoms with van der Waals surface area (Å²) in [6.07, 6.45) is 28.2. The average Bonchev–Trinajstić information content (AvgIpc) is 3.17. The van der Waals surface area contributed by atoms with Gasteiger partial charge in [0.15, 0.2) is 0 Å². The normalized spacial score (nSPS) is 12.1. The number of terminal acetylenes is 1. The number of nitrogens with two attached hydrogens (primary N) is 2. The number of hydrogen-bond donors (Lipinski definition) is 2. The molecule has 310 valence electrons. The molecular weight excluding hydrogens is 641 g/mol. The van der Waals surface area contributed by atoms with Gasteiger partial charge in [0.05, 0.1) is 0 Å². The van der Waals surface area contributed by atoms with Crippen molar-refractivity contribution >= 4 is 5.57 Å². The Bertz CT molecular complexity index is 1080. The fourth-order valence-electron chi connectivity index (χ4n) is 4.95. The lowest BCUT2D eigenvalue weighted by molar-refractivity contribution is 0.510. The van der Waals surface area contributed by atoms with Crippen LogP contribution in [0.2, 0.25) is 0 Å². The maximum Gasteiger partial charge on any atom is 0.0227 e. The molecule has 0 heterocycles. The van der Waals surface area contributed by atoms with E-state index in [9.17, 15) is 0 Å². The molecule has 2 nitrogen and oxygen atoms in total. The van der Waals surface area contributed by atoms with E-state index in [0.29, 0.717) is 6.54 Å². The van der Waals surface area contributed by atoms with E-state index >= 15 is 0 Å². The van der Waals surface area contributed by atoms with E-state index in [0.717, 1.165) is 42.0 Å². The van der Waals surface area contributed by atoms with Crippen LogP contribution in [0.5, 0.6) is 0 Å². The van der Waals surface area contributed by atoms with Crippen LogP contribution in [0.4, 0.5) is 0 Å². The van der Waals surface area contributed by atoms with Gasteiger partial charge in [-0.15, -0.1) is 12.3 Å². The molecule has 1 aromatic carbocycles. The second kappa shape index (κ2) is 47.4. The van der Waals surface area contributed by atoms with Crippen LogP contribution in [0, 0.1) is 23.7 Å². The van der Waals surface area contributed by atoms with Gasteiger partial charge in [0.25, 0.3) is 0 Å². The van der Waals surface area contributed by atoms with Crippen LogP contribution in [0.1, 0.15) is 206 Å². The van der Waals surface area contributed by atoms with E-state index in [4.69, 9.17) is 17.9 Å². The van der Waals surface area contributed by atoms with Crippen molar-refractivity contribution in [3.8, 4) is 12.3 Å². The van der Waals surface area contributed by atoms with Crippen molar-refractivity contribution in [1.29, 1.82) is 0 Å². The summed E-state index contributed by atoms with van der Waals surface area (Å²) in [4.78, 5) is 0. The molecule has 53 heavy (non-hydrogen) atoms. The molecule has 0 saturated heterocycles. The van der Waals surface area contributed by atoms with Crippen molar-refractivity contribution < 1.29 is 0 Å². The summed E-state index contributed by atoms with van der Waals surface area (Å²) in [5.41, 5.74) is 20.0. The summed E-state index contributed by atoms with van der Waals surface area (Å²) in [7, 11) is 0. The number of benzene rings is 1. The highest BCUT2D eigenvalue weighted by atomic mass is 14.5. The van der Waals surface area contributed by atoms with Gasteiger partial charge in [-0.25, -0.2) is 0 Å². The quantitative estimate of drug-likeness (QED) is 0.0917. The minimum atomic E-state index is 0.0694. The van der Waals surface area contributed by atoms with E-state index < -0.39 is 0 Å². The molecule has 0 aromatic heterocycles. The first kappa shape index (κ1) is 62.4. The molecule has 2 heteroatoms. The molecule has 0 saturated carbocycles. The van der Waals surface area contributed by atoms with Gasteiger partial charge < -0.3 is 11.5 Å². The predicted octanol–water partition coefficient (Wildman–Crippen LogP) is 16.6. The highest BCUT2D eigenvalue weighted by Crippen LogP contribution is 2.35. The van der Waals surface area contributed by atoms with Crippen LogP contribution in [-0.4, -0.2) is 6.54 Å². The molecule has 0 aliphatic heterocycles. The molecule has 1 aliphatic carbocycles. The topological polar surface area (TPSA) is 52.0 Å². The number of allylic oxidation sites excluding steroid dienone is 9. The minimum absolute atomic E-state index is 0.0694. The Morgan fingerprint density at radius 2 is 1.40 bits per heavy atom. The van der Waals surface area contributed by atoms with Crippen molar-refractivity contribution in [2.24, 2.45) is 22.8 Å². The van der Waals surface area contributed by atoms with Crippen LogP contribution in [-0.2, 0) is 6.54 Å². The molecule has 0 bridgehead atoms. The third-order valence-electron chi connectivity index (χ3n) is 7.73. The van der Waals surface area contributed by atoms with Crippen LogP contribution in [0.15, 0.2) is 77.4 Å². The molecule has 0 radical (unpaired) electrons. The first-order chi connectivity index (χ1) is 25.3. The van der Waals surface area contributed by atoms with Gasteiger partial charge in [-0.1, -0.05) is 182 Å². The van der Waals surface area contributed by atoms with Crippen molar-refractivity contribution in [2.75, 3.05) is 6.54 Å². The molecule has 1 aromatic rings. The summed E-state index contributed by atoms with van der Waals surface area (Å²) in [6.45, 7) is 43.3. The smallest absolute Gasteiger partial charge is 0.0227 e. The number of hydrogen-bond acceptors (Lipinski definition) is 2. The highest BCUT2D eigenvalue weighted by molar-refractivity contribution is 5.74. The summed E-state index contributed by atoms with van der Waals surface area (Å²) in [6, 6.07) is 8.37. The fourth-order valence-corrected chi connectivity index (χ4v) is 4.95. The number of rotatable bonds is 13. The lowest BCUT2D eigenvalue weighted by Gasteiger charge is -2.25. The average molecular weight is 737 g/mol. The minimum Gasteiger partial charge on any atom is -0.331 e. The second-order valence-corrected chi connectivity index (χ2v) is 13.4. The summed E-state index contributed by atoms with van der Waals surface area (Å²) in [5.74, 6) is 3.36. The van der Waals surface area contributed by atoms with Gasteiger partial charge in [-0.2, -0.15) is 0 Å². The van der Waals surface area contributed by atoms with Crippen molar-refractivity contribution in [3.05, 3.63) is 88.6 Å². The maximum absolute atomic E-state index is 5.76. The highest BCUT2D eigenvalue weighted by Gasteiger charge is 2.18. The van der Waals surface area contributed by atoms with Gasteiger partial charge in [-0.3, -0.25) is 0 Å². The lowest BCUT2D eigenvalue weighted by atomic mass is 9.80. The Hall–Kier alpha value is -2.60. The fraction of sp³-hybridized carbons (Fsp3) is 0.647. The number of unbranched alkanes of at least 4 members (excludes halogenated alkanes) is 4. The first-order valence-corrected chi connectivity index (χ1v) is 21.7. The summed E-state index contributed by atoms with van der Waals surface area (Å²) < 4.78 is 0. The molecule has 0 fully saturated rings. The molecule has 1 atom stereocenters. The zero-order chi connectivity index (χ0) is 42.7. The third kappa shape index (κ3) is 40.4. The summed E-state index contributed by atoms with van der Waals surface area (Å²) in [5, 5.41) is 0. The van der Waals surface area contributed by atoms with Crippen molar-refractivity contribution in [2.45, 2.75) is 202 Å². The van der Waals surface area contributed by atoms with Crippen molar-refractivity contribution in [1.82, 2.24) is 0 Å². The van der Waals surface area contributed by atoms with Crippen LogP contribution >= 0.6 is 0 Å². The van der Waals surface area contributed by atoms with Crippen LogP contribution < -0.4 is 11.5 Å². The maximum atomic E-state index is 5.76. The third-order valence-corrected chi connectivity index (χ3v) is 7.73. The Morgan fingerprint density at radius 3 is 1.74 bits per heavy atom. The molecule has 4 N–H and O–H groups in total. The molecule has 2 rings (SSSR count). The van der Waals surface area contributed by atoms with E-state index in [2.05, 4.69) is 110 Å². The zero-order valence-corrected chi connectivity index (χ0v) is 39.3. The predicted molar refractivity (Wildman–Crippen MR) is 252 cm³/mol. The molecule has 1 unspecified atom stereocenters. The van der Waals surface area contributed by atoms with Gasteiger partial charge in [0.2, 0.25) is 0 Å². The van der Waals surface area contributed by atoms with Gasteiger partial charge in [0.1, 0.15) is 0 Å². The SMILES string of the molecule is C#CC(C)(C)C.C/C=C/CC.C=C(/C=C(\C)C1=CC(C)=C(C(CC)CCC)CC1)c1cccc(CN)c1.CC.CC.CC.CCCCCCC.CCN. The van der Waals surface area contributed by atoms with E-state index in [1.807, 2.05) is 76.2 Å². The van der Waals surface area contributed by atoms with E-state index in [1.165, 1.54) is 74.5 Å². The Kier molecular flexibility index (Phi) is 55.8. The van der Waals surface area contributed by atoms with Gasteiger partial charge in [-0.05, 0) is 120 Å². The van der Waals surface area contributed by atoms with Gasteiger partial charge >= 0.3 is 0 Å². The Morgan fingerprint density at radius 1 is 0.887 bits per heavy atom. The lowest BCUT2D eigenvalue weighted by Crippen LogP contribution is -2.09. The first-order valence-electron chi connectivity index (χ1n) is 21.7.